The lowest BCUT2D eigenvalue weighted by atomic mass is 10.0. The third-order valence-corrected chi connectivity index (χ3v) is 7.47. The number of halogens is 1. The van der Waals surface area contributed by atoms with Gasteiger partial charge >= 0.3 is 0 Å². The van der Waals surface area contributed by atoms with Crippen molar-refractivity contribution in [2.24, 2.45) is 0 Å². The van der Waals surface area contributed by atoms with Crippen molar-refractivity contribution in [3.05, 3.63) is 99.6 Å². The SMILES string of the molecule is CCNC(=O)[C@@H](Cc1ccccc1)N(Cc1ccccc1)C(=O)CN(c1ccc(I)cc1)S(C)(=O)=O. The molecule has 9 heteroatoms. The van der Waals surface area contributed by atoms with Gasteiger partial charge in [-0.05, 0) is 64.9 Å². The van der Waals surface area contributed by atoms with E-state index in [-0.39, 0.29) is 12.5 Å². The van der Waals surface area contributed by atoms with Gasteiger partial charge in [0.1, 0.15) is 12.6 Å². The number of anilines is 1. The molecule has 0 spiro atoms. The maximum atomic E-state index is 13.8. The number of rotatable bonds is 11. The normalized spacial score (nSPS) is 12.0. The lowest BCUT2D eigenvalue weighted by Gasteiger charge is -2.33. The van der Waals surface area contributed by atoms with E-state index >= 15 is 0 Å². The van der Waals surface area contributed by atoms with Crippen LogP contribution in [0.3, 0.4) is 0 Å². The first-order chi connectivity index (χ1) is 17.2. The van der Waals surface area contributed by atoms with E-state index in [9.17, 15) is 18.0 Å². The van der Waals surface area contributed by atoms with Gasteiger partial charge in [-0.3, -0.25) is 13.9 Å². The molecule has 0 heterocycles. The van der Waals surface area contributed by atoms with Gasteiger partial charge in [0.05, 0.1) is 11.9 Å². The topological polar surface area (TPSA) is 86.8 Å². The second-order valence-corrected chi connectivity index (χ2v) is 11.5. The maximum absolute atomic E-state index is 13.8. The summed E-state index contributed by atoms with van der Waals surface area (Å²) in [6, 6.07) is 24.9. The highest BCUT2D eigenvalue weighted by atomic mass is 127. The summed E-state index contributed by atoms with van der Waals surface area (Å²) >= 11 is 2.14. The Labute approximate surface area is 226 Å². The number of nitrogens with zero attached hydrogens (tertiary/aromatic N) is 2. The number of sulfonamides is 1. The Hall–Kier alpha value is -2.92. The number of carbonyl (C=O) groups excluding carboxylic acids is 2. The molecular weight excluding hydrogens is 589 g/mol. The molecular formula is C27H30IN3O4S. The molecule has 2 amide bonds. The van der Waals surface area contributed by atoms with Gasteiger partial charge in [0, 0.05) is 23.1 Å². The second kappa shape index (κ2) is 12.9. The lowest BCUT2D eigenvalue weighted by Crippen LogP contribution is -2.53. The van der Waals surface area contributed by atoms with Crippen molar-refractivity contribution >= 4 is 50.1 Å². The molecule has 0 fully saturated rings. The summed E-state index contributed by atoms with van der Waals surface area (Å²) in [5.74, 6) is -0.749. The monoisotopic (exact) mass is 619 g/mol. The van der Waals surface area contributed by atoms with Gasteiger partial charge in [0.2, 0.25) is 21.8 Å². The summed E-state index contributed by atoms with van der Waals surface area (Å²) in [7, 11) is -3.76. The molecule has 3 aromatic rings. The molecule has 1 N–H and O–H groups in total. The van der Waals surface area contributed by atoms with Crippen LogP contribution in [-0.4, -0.2) is 50.5 Å². The molecule has 0 aromatic heterocycles. The van der Waals surface area contributed by atoms with Crippen molar-refractivity contribution in [3.63, 3.8) is 0 Å². The molecule has 0 saturated heterocycles. The first-order valence-corrected chi connectivity index (χ1v) is 14.5. The van der Waals surface area contributed by atoms with Crippen molar-refractivity contribution in [2.45, 2.75) is 25.9 Å². The highest BCUT2D eigenvalue weighted by molar-refractivity contribution is 14.1. The van der Waals surface area contributed by atoms with Gasteiger partial charge in [-0.15, -0.1) is 0 Å². The lowest BCUT2D eigenvalue weighted by molar-refractivity contribution is -0.140. The minimum absolute atomic E-state index is 0.165. The molecule has 190 valence electrons. The standard InChI is InChI=1S/C27H30IN3O4S/c1-3-29-27(33)25(18-21-10-6-4-7-11-21)30(19-22-12-8-5-9-13-22)26(32)20-31(36(2,34)35)24-16-14-23(28)15-17-24/h4-17,25H,3,18-20H2,1-2H3,(H,29,33)/t25-/m1/s1. The fraction of sp³-hybridized carbons (Fsp3) is 0.259. The van der Waals surface area contributed by atoms with E-state index in [1.807, 2.05) is 67.6 Å². The Morgan fingerprint density at radius 3 is 1.97 bits per heavy atom. The molecule has 0 radical (unpaired) electrons. The van der Waals surface area contributed by atoms with Crippen LogP contribution in [0.25, 0.3) is 0 Å². The number of benzene rings is 3. The first kappa shape index (κ1) is 27.7. The molecule has 0 bridgehead atoms. The van der Waals surface area contributed by atoms with E-state index in [1.165, 1.54) is 4.90 Å². The Morgan fingerprint density at radius 2 is 1.44 bits per heavy atom. The van der Waals surface area contributed by atoms with Crippen molar-refractivity contribution < 1.29 is 18.0 Å². The summed E-state index contributed by atoms with van der Waals surface area (Å²) in [5, 5.41) is 2.84. The van der Waals surface area contributed by atoms with Gasteiger partial charge in [0.25, 0.3) is 0 Å². The summed E-state index contributed by atoms with van der Waals surface area (Å²) in [6.45, 7) is 1.98. The average molecular weight is 620 g/mol. The summed E-state index contributed by atoms with van der Waals surface area (Å²) in [4.78, 5) is 28.5. The maximum Gasteiger partial charge on any atom is 0.244 e. The molecule has 0 aliphatic carbocycles. The van der Waals surface area contributed by atoms with Crippen LogP contribution in [0.1, 0.15) is 18.1 Å². The minimum atomic E-state index is -3.76. The van der Waals surface area contributed by atoms with Crippen LogP contribution in [0, 0.1) is 3.57 Å². The van der Waals surface area contributed by atoms with Crippen molar-refractivity contribution in [1.29, 1.82) is 0 Å². The Kier molecular flexibility index (Phi) is 9.89. The minimum Gasteiger partial charge on any atom is -0.355 e. The van der Waals surface area contributed by atoms with Gasteiger partial charge in [-0.2, -0.15) is 0 Å². The van der Waals surface area contributed by atoms with Gasteiger partial charge < -0.3 is 10.2 Å². The summed E-state index contributed by atoms with van der Waals surface area (Å²) in [6.07, 6.45) is 1.37. The Balaban J connectivity index is 2.00. The Bertz CT molecular complexity index is 1250. The van der Waals surface area contributed by atoms with Crippen molar-refractivity contribution in [2.75, 3.05) is 23.7 Å². The smallest absolute Gasteiger partial charge is 0.244 e. The molecule has 0 unspecified atom stereocenters. The van der Waals surface area contributed by atoms with Crippen LogP contribution < -0.4 is 9.62 Å². The van der Waals surface area contributed by atoms with E-state index in [0.717, 1.165) is 25.3 Å². The number of likely N-dealkylation sites (N-methyl/N-ethyl adjacent to an activating group) is 1. The summed E-state index contributed by atoms with van der Waals surface area (Å²) in [5.41, 5.74) is 2.13. The molecule has 0 saturated carbocycles. The number of hydrogen-bond donors (Lipinski definition) is 1. The van der Waals surface area contributed by atoms with Gasteiger partial charge in [-0.1, -0.05) is 60.7 Å². The van der Waals surface area contributed by atoms with Crippen LogP contribution in [0.2, 0.25) is 0 Å². The molecule has 0 aliphatic rings. The highest BCUT2D eigenvalue weighted by Crippen LogP contribution is 2.21. The zero-order valence-electron chi connectivity index (χ0n) is 20.3. The zero-order chi connectivity index (χ0) is 26.1. The van der Waals surface area contributed by atoms with E-state index in [0.29, 0.717) is 18.7 Å². The number of amides is 2. The number of hydrogen-bond acceptors (Lipinski definition) is 4. The van der Waals surface area contributed by atoms with Crippen LogP contribution in [0.4, 0.5) is 5.69 Å². The molecule has 0 aliphatic heterocycles. The average Bonchev–Trinajstić information content (AvgIpc) is 2.86. The fourth-order valence-electron chi connectivity index (χ4n) is 3.85. The van der Waals surface area contributed by atoms with Crippen LogP contribution in [0.15, 0.2) is 84.9 Å². The molecule has 1 atom stereocenters. The quantitative estimate of drug-likeness (QED) is 0.331. The van der Waals surface area contributed by atoms with Crippen LogP contribution in [-0.2, 0) is 32.6 Å². The third-order valence-electron chi connectivity index (χ3n) is 5.61. The number of nitrogens with one attached hydrogen (secondary N) is 1. The molecule has 7 nitrogen and oxygen atoms in total. The van der Waals surface area contributed by atoms with E-state index in [1.54, 1.807) is 24.3 Å². The predicted molar refractivity (Wildman–Crippen MR) is 151 cm³/mol. The van der Waals surface area contributed by atoms with E-state index in [2.05, 4.69) is 27.9 Å². The van der Waals surface area contributed by atoms with Crippen molar-refractivity contribution in [1.82, 2.24) is 10.2 Å². The highest BCUT2D eigenvalue weighted by Gasteiger charge is 2.32. The largest absolute Gasteiger partial charge is 0.355 e. The van der Waals surface area contributed by atoms with Crippen molar-refractivity contribution in [3.8, 4) is 0 Å². The third kappa shape index (κ3) is 7.79. The van der Waals surface area contributed by atoms with Crippen LogP contribution in [0.5, 0.6) is 0 Å². The van der Waals surface area contributed by atoms with Crippen LogP contribution >= 0.6 is 22.6 Å². The second-order valence-electron chi connectivity index (χ2n) is 8.35. The predicted octanol–water partition coefficient (Wildman–Crippen LogP) is 3.83. The van der Waals surface area contributed by atoms with E-state index < -0.39 is 28.5 Å². The Morgan fingerprint density at radius 1 is 0.889 bits per heavy atom. The van der Waals surface area contributed by atoms with E-state index in [4.69, 9.17) is 0 Å². The first-order valence-electron chi connectivity index (χ1n) is 11.6. The molecule has 3 rings (SSSR count). The fourth-order valence-corrected chi connectivity index (χ4v) is 5.06. The number of carbonyl (C=O) groups is 2. The van der Waals surface area contributed by atoms with Gasteiger partial charge in [0.15, 0.2) is 0 Å². The summed E-state index contributed by atoms with van der Waals surface area (Å²) < 4.78 is 27.4. The molecule has 36 heavy (non-hydrogen) atoms. The van der Waals surface area contributed by atoms with Gasteiger partial charge in [-0.25, -0.2) is 8.42 Å². The zero-order valence-corrected chi connectivity index (χ0v) is 23.3. The molecule has 3 aromatic carbocycles.